The Morgan fingerprint density at radius 3 is 2.63 bits per heavy atom. The molecule has 0 bridgehead atoms. The zero-order chi connectivity index (χ0) is 14.6. The Morgan fingerprint density at radius 1 is 1.42 bits per heavy atom. The van der Waals surface area contributed by atoms with Gasteiger partial charge < -0.3 is 11.1 Å². The number of nitrogen functional groups attached to an aromatic ring is 1. The van der Waals surface area contributed by atoms with Crippen molar-refractivity contribution in [2.24, 2.45) is 0 Å². The van der Waals surface area contributed by atoms with Crippen LogP contribution in [-0.4, -0.2) is 25.8 Å². The fourth-order valence-corrected chi connectivity index (χ4v) is 3.44. The van der Waals surface area contributed by atoms with Gasteiger partial charge in [0, 0.05) is 4.47 Å². The van der Waals surface area contributed by atoms with Crippen LogP contribution < -0.4 is 11.1 Å². The Bertz CT molecular complexity index is 585. The minimum atomic E-state index is -3.35. The molecule has 0 saturated carbocycles. The van der Waals surface area contributed by atoms with E-state index in [0.717, 1.165) is 10.0 Å². The molecule has 0 atom stereocenters. The van der Waals surface area contributed by atoms with Gasteiger partial charge in [-0.3, -0.25) is 4.79 Å². The number of anilines is 2. The van der Waals surface area contributed by atoms with Gasteiger partial charge in [0.15, 0.2) is 9.84 Å². The number of nitrogens with two attached hydrogens (primary N) is 1. The minimum Gasteiger partial charge on any atom is -0.397 e. The molecule has 0 aliphatic rings. The topological polar surface area (TPSA) is 89.3 Å². The molecule has 1 aromatic carbocycles. The number of nitrogens with one attached hydrogen (secondary N) is 1. The quantitative estimate of drug-likeness (QED) is 0.797. The standard InChI is InChI=1S/C12H17BrN2O3S/c1-3-4-19(17,18)7-11(16)15-10-6-9(13)5-8(2)12(10)14/h5-6H,3-4,7,14H2,1-2H3,(H,15,16). The SMILES string of the molecule is CCCS(=O)(=O)CC(=O)Nc1cc(Br)cc(C)c1N. The molecule has 0 aliphatic heterocycles. The van der Waals surface area contributed by atoms with Crippen molar-refractivity contribution >= 4 is 43.0 Å². The van der Waals surface area contributed by atoms with Crippen molar-refractivity contribution in [1.29, 1.82) is 0 Å². The molecule has 1 aromatic rings. The van der Waals surface area contributed by atoms with E-state index in [9.17, 15) is 13.2 Å². The van der Waals surface area contributed by atoms with E-state index in [1.165, 1.54) is 0 Å². The van der Waals surface area contributed by atoms with Crippen LogP contribution in [0.15, 0.2) is 16.6 Å². The zero-order valence-corrected chi connectivity index (χ0v) is 13.3. The van der Waals surface area contributed by atoms with Crippen molar-refractivity contribution in [1.82, 2.24) is 0 Å². The summed E-state index contributed by atoms with van der Waals surface area (Å²) in [5.74, 6) is -1.09. The molecule has 0 unspecified atom stereocenters. The van der Waals surface area contributed by atoms with Crippen molar-refractivity contribution < 1.29 is 13.2 Å². The van der Waals surface area contributed by atoms with E-state index < -0.39 is 21.5 Å². The van der Waals surface area contributed by atoms with Crippen molar-refractivity contribution in [2.45, 2.75) is 20.3 Å². The monoisotopic (exact) mass is 348 g/mol. The predicted molar refractivity (Wildman–Crippen MR) is 80.9 cm³/mol. The van der Waals surface area contributed by atoms with Gasteiger partial charge in [0.05, 0.1) is 17.1 Å². The first-order valence-electron chi connectivity index (χ1n) is 5.81. The second-order valence-electron chi connectivity index (χ2n) is 4.32. The summed E-state index contributed by atoms with van der Waals surface area (Å²) in [7, 11) is -3.35. The van der Waals surface area contributed by atoms with Crippen LogP contribution >= 0.6 is 15.9 Å². The lowest BCUT2D eigenvalue weighted by molar-refractivity contribution is -0.113. The molecule has 0 fully saturated rings. The molecule has 1 amide bonds. The number of rotatable bonds is 5. The second kappa shape index (κ2) is 6.38. The van der Waals surface area contributed by atoms with Crippen LogP contribution in [0.3, 0.4) is 0 Å². The molecular formula is C12H17BrN2O3S. The van der Waals surface area contributed by atoms with Gasteiger partial charge in [-0.15, -0.1) is 0 Å². The summed E-state index contributed by atoms with van der Waals surface area (Å²) >= 11 is 3.30. The third kappa shape index (κ3) is 4.83. The van der Waals surface area contributed by atoms with Crippen molar-refractivity contribution in [3.63, 3.8) is 0 Å². The van der Waals surface area contributed by atoms with Crippen LogP contribution in [0, 0.1) is 6.92 Å². The first-order chi connectivity index (χ1) is 8.75. The first kappa shape index (κ1) is 16.0. The van der Waals surface area contributed by atoms with E-state index in [4.69, 9.17) is 5.73 Å². The molecule has 0 spiro atoms. The summed E-state index contributed by atoms with van der Waals surface area (Å²) in [5, 5.41) is 2.53. The average Bonchev–Trinajstić information content (AvgIpc) is 2.23. The number of hydrogen-bond acceptors (Lipinski definition) is 4. The number of halogens is 1. The number of benzene rings is 1. The van der Waals surface area contributed by atoms with E-state index in [-0.39, 0.29) is 5.75 Å². The molecule has 19 heavy (non-hydrogen) atoms. The average molecular weight is 349 g/mol. The van der Waals surface area contributed by atoms with E-state index in [2.05, 4.69) is 21.2 Å². The van der Waals surface area contributed by atoms with Gasteiger partial charge in [-0.05, 0) is 31.0 Å². The Hall–Kier alpha value is -1.08. The van der Waals surface area contributed by atoms with Gasteiger partial charge in [0.2, 0.25) is 5.91 Å². The van der Waals surface area contributed by atoms with Crippen LogP contribution in [-0.2, 0) is 14.6 Å². The molecule has 0 aromatic heterocycles. The highest BCUT2D eigenvalue weighted by atomic mass is 79.9. The molecule has 5 nitrogen and oxygen atoms in total. The molecule has 1 rings (SSSR count). The third-order valence-electron chi connectivity index (χ3n) is 2.49. The second-order valence-corrected chi connectivity index (χ2v) is 7.42. The van der Waals surface area contributed by atoms with Crippen LogP contribution in [0.1, 0.15) is 18.9 Å². The van der Waals surface area contributed by atoms with E-state index in [1.54, 1.807) is 13.0 Å². The lowest BCUT2D eigenvalue weighted by atomic mass is 10.2. The van der Waals surface area contributed by atoms with Crippen molar-refractivity contribution in [3.05, 3.63) is 22.2 Å². The summed E-state index contributed by atoms with van der Waals surface area (Å²) in [6.07, 6.45) is 0.494. The molecular weight excluding hydrogens is 332 g/mol. The van der Waals surface area contributed by atoms with Gasteiger partial charge in [-0.25, -0.2) is 8.42 Å². The van der Waals surface area contributed by atoms with Crippen LogP contribution in [0.5, 0.6) is 0 Å². The molecule has 0 radical (unpaired) electrons. The number of carbonyl (C=O) groups excluding carboxylic acids is 1. The molecule has 7 heteroatoms. The highest BCUT2D eigenvalue weighted by molar-refractivity contribution is 9.10. The molecule has 0 saturated heterocycles. The van der Waals surface area contributed by atoms with Crippen LogP contribution in [0.4, 0.5) is 11.4 Å². The minimum absolute atomic E-state index is 0.00736. The number of hydrogen-bond donors (Lipinski definition) is 2. The number of sulfone groups is 1. The van der Waals surface area contributed by atoms with Gasteiger partial charge >= 0.3 is 0 Å². The number of amides is 1. The lowest BCUT2D eigenvalue weighted by Crippen LogP contribution is -2.25. The summed E-state index contributed by atoms with van der Waals surface area (Å²) in [6.45, 7) is 3.56. The van der Waals surface area contributed by atoms with Crippen LogP contribution in [0.25, 0.3) is 0 Å². The highest BCUT2D eigenvalue weighted by Crippen LogP contribution is 2.27. The van der Waals surface area contributed by atoms with E-state index in [0.29, 0.717) is 17.8 Å². The van der Waals surface area contributed by atoms with Crippen molar-refractivity contribution in [2.75, 3.05) is 22.6 Å². The number of aryl methyl sites for hydroxylation is 1. The summed E-state index contributed by atoms with van der Waals surface area (Å²) in [4.78, 5) is 11.7. The highest BCUT2D eigenvalue weighted by Gasteiger charge is 2.17. The Labute approximate surface area is 121 Å². The maximum Gasteiger partial charge on any atom is 0.239 e. The largest absolute Gasteiger partial charge is 0.397 e. The Balaban J connectivity index is 2.84. The maximum atomic E-state index is 11.7. The summed E-state index contributed by atoms with van der Waals surface area (Å²) < 4.78 is 23.9. The molecule has 0 heterocycles. The maximum absolute atomic E-state index is 11.7. The normalized spacial score (nSPS) is 11.3. The summed E-state index contributed by atoms with van der Waals surface area (Å²) in [5.41, 5.74) is 7.50. The van der Waals surface area contributed by atoms with Gasteiger partial charge in [-0.2, -0.15) is 0 Å². The lowest BCUT2D eigenvalue weighted by Gasteiger charge is -2.11. The van der Waals surface area contributed by atoms with Gasteiger partial charge in [-0.1, -0.05) is 22.9 Å². The van der Waals surface area contributed by atoms with Gasteiger partial charge in [0.25, 0.3) is 0 Å². The number of carbonyl (C=O) groups is 1. The Kier molecular flexibility index (Phi) is 5.37. The molecule has 106 valence electrons. The smallest absolute Gasteiger partial charge is 0.239 e. The fourth-order valence-electron chi connectivity index (χ4n) is 1.63. The zero-order valence-electron chi connectivity index (χ0n) is 10.9. The first-order valence-corrected chi connectivity index (χ1v) is 8.42. The predicted octanol–water partition coefficient (Wildman–Crippen LogP) is 2.10. The molecule has 0 aliphatic carbocycles. The third-order valence-corrected chi connectivity index (χ3v) is 4.68. The Morgan fingerprint density at radius 2 is 2.05 bits per heavy atom. The van der Waals surface area contributed by atoms with E-state index in [1.807, 2.05) is 13.0 Å². The summed E-state index contributed by atoms with van der Waals surface area (Å²) in [6, 6.07) is 3.46. The van der Waals surface area contributed by atoms with Gasteiger partial charge in [0.1, 0.15) is 5.75 Å². The van der Waals surface area contributed by atoms with Crippen LogP contribution in [0.2, 0.25) is 0 Å². The van der Waals surface area contributed by atoms with Crippen molar-refractivity contribution in [3.8, 4) is 0 Å². The molecule has 3 N–H and O–H groups in total. The van der Waals surface area contributed by atoms with E-state index >= 15 is 0 Å². The fraction of sp³-hybridized carbons (Fsp3) is 0.417.